The fourth-order valence-electron chi connectivity index (χ4n) is 2.13. The maximum atomic E-state index is 12.2. The minimum absolute atomic E-state index is 0.0533. The van der Waals surface area contributed by atoms with Gasteiger partial charge in [0.15, 0.2) is 5.69 Å². The lowest BCUT2D eigenvalue weighted by Crippen LogP contribution is -2.44. The normalized spacial score (nSPS) is 19.8. The second-order valence-electron chi connectivity index (χ2n) is 4.70. The lowest BCUT2D eigenvalue weighted by atomic mass is 10.2. The van der Waals surface area contributed by atoms with E-state index in [1.165, 1.54) is 12.6 Å². The molecule has 0 radical (unpaired) electrons. The zero-order valence-electron chi connectivity index (χ0n) is 10.3. The largest absolute Gasteiger partial charge is 0.333 e. The van der Waals surface area contributed by atoms with Crippen molar-refractivity contribution < 1.29 is 4.79 Å². The molecule has 1 aromatic heterocycles. The zero-order valence-corrected chi connectivity index (χ0v) is 10.3. The Balaban J connectivity index is 2.03. The number of carbonyl (C=O) groups excluding carboxylic acids is 1. The van der Waals surface area contributed by atoms with E-state index in [2.05, 4.69) is 20.7 Å². The van der Waals surface area contributed by atoms with Crippen LogP contribution >= 0.6 is 0 Å². The highest BCUT2D eigenvalue weighted by Gasteiger charge is 2.25. The van der Waals surface area contributed by atoms with Crippen molar-refractivity contribution in [2.24, 2.45) is 0 Å². The number of hydrogen-bond acceptors (Lipinski definition) is 4. The molecule has 2 rings (SSSR count). The third-order valence-electron chi connectivity index (χ3n) is 3.10. The minimum Gasteiger partial charge on any atom is -0.333 e. The van der Waals surface area contributed by atoms with Crippen LogP contribution in [0.3, 0.4) is 0 Å². The van der Waals surface area contributed by atoms with E-state index in [-0.39, 0.29) is 11.9 Å². The minimum atomic E-state index is -0.0533. The molecule has 6 heteroatoms. The maximum absolute atomic E-state index is 12.2. The topological polar surface area (TPSA) is 73.9 Å². The van der Waals surface area contributed by atoms with E-state index >= 15 is 0 Å². The van der Waals surface area contributed by atoms with Gasteiger partial charge in [0, 0.05) is 18.6 Å². The van der Waals surface area contributed by atoms with Crippen LogP contribution in [0, 0.1) is 0 Å². The first-order chi connectivity index (χ1) is 8.18. The van der Waals surface area contributed by atoms with Gasteiger partial charge in [0.05, 0.1) is 6.20 Å². The Labute approximate surface area is 101 Å². The molecule has 1 saturated heterocycles. The molecule has 1 aliphatic heterocycles. The summed E-state index contributed by atoms with van der Waals surface area (Å²) in [4.78, 5) is 14.1. The van der Waals surface area contributed by atoms with Gasteiger partial charge in [0.1, 0.15) is 0 Å². The van der Waals surface area contributed by atoms with Gasteiger partial charge in [-0.1, -0.05) is 0 Å². The fourth-order valence-corrected chi connectivity index (χ4v) is 2.13. The van der Waals surface area contributed by atoms with Crippen molar-refractivity contribution in [3.05, 3.63) is 11.9 Å². The van der Waals surface area contributed by atoms with Crippen molar-refractivity contribution in [3.63, 3.8) is 0 Å². The van der Waals surface area contributed by atoms with Gasteiger partial charge in [-0.05, 0) is 33.2 Å². The molecular formula is C11H19N5O. The van der Waals surface area contributed by atoms with Crippen LogP contribution in [0.15, 0.2) is 6.20 Å². The second-order valence-corrected chi connectivity index (χ2v) is 4.70. The first kappa shape index (κ1) is 12.0. The van der Waals surface area contributed by atoms with E-state index in [9.17, 15) is 4.79 Å². The molecule has 1 atom stereocenters. The monoisotopic (exact) mass is 237 g/mol. The van der Waals surface area contributed by atoms with Crippen molar-refractivity contribution in [1.29, 1.82) is 0 Å². The molecule has 0 aliphatic carbocycles. The van der Waals surface area contributed by atoms with Crippen LogP contribution in [0.2, 0.25) is 0 Å². The van der Waals surface area contributed by atoms with Crippen LogP contribution in [0.1, 0.15) is 37.2 Å². The highest BCUT2D eigenvalue weighted by Crippen LogP contribution is 2.11. The Morgan fingerprint density at radius 3 is 3.00 bits per heavy atom. The van der Waals surface area contributed by atoms with Gasteiger partial charge in [0.25, 0.3) is 5.91 Å². The number of carbonyl (C=O) groups is 1. The number of aromatic amines is 1. The Kier molecular flexibility index (Phi) is 3.73. The Hall–Kier alpha value is -1.43. The molecule has 94 valence electrons. The summed E-state index contributed by atoms with van der Waals surface area (Å²) in [5, 5.41) is 13.4. The molecule has 17 heavy (non-hydrogen) atoms. The molecule has 1 aliphatic rings. The summed E-state index contributed by atoms with van der Waals surface area (Å²) >= 11 is 0. The first-order valence-electron chi connectivity index (χ1n) is 6.08. The molecule has 1 fully saturated rings. The number of rotatable bonds is 4. The lowest BCUT2D eigenvalue weighted by molar-refractivity contribution is 0.0683. The number of aromatic nitrogens is 3. The number of amides is 1. The van der Waals surface area contributed by atoms with Gasteiger partial charge >= 0.3 is 0 Å². The van der Waals surface area contributed by atoms with Crippen molar-refractivity contribution in [1.82, 2.24) is 25.6 Å². The standard InChI is InChI=1S/C11H19N5O/c1-8(2)16(7-9-4-3-5-12-9)11(17)10-6-13-15-14-10/h6,8-9,12H,3-5,7H2,1-2H3,(H,13,14,15). The van der Waals surface area contributed by atoms with Crippen LogP contribution in [-0.4, -0.2) is 51.4 Å². The van der Waals surface area contributed by atoms with E-state index in [0.717, 1.165) is 19.5 Å². The summed E-state index contributed by atoms with van der Waals surface area (Å²) in [7, 11) is 0. The molecule has 0 saturated carbocycles. The average molecular weight is 237 g/mol. The third kappa shape index (κ3) is 2.82. The van der Waals surface area contributed by atoms with E-state index in [4.69, 9.17) is 0 Å². The molecule has 2 heterocycles. The molecule has 1 unspecified atom stereocenters. The molecule has 1 amide bonds. The molecular weight excluding hydrogens is 218 g/mol. The van der Waals surface area contributed by atoms with Crippen LogP contribution < -0.4 is 5.32 Å². The smallest absolute Gasteiger partial charge is 0.276 e. The second kappa shape index (κ2) is 5.27. The highest BCUT2D eigenvalue weighted by atomic mass is 16.2. The number of nitrogens with one attached hydrogen (secondary N) is 2. The summed E-state index contributed by atoms with van der Waals surface area (Å²) in [6, 6.07) is 0.579. The van der Waals surface area contributed by atoms with E-state index < -0.39 is 0 Å². The van der Waals surface area contributed by atoms with Gasteiger partial charge < -0.3 is 10.2 Å². The van der Waals surface area contributed by atoms with Gasteiger partial charge in [-0.25, -0.2) is 0 Å². The number of hydrogen-bond donors (Lipinski definition) is 2. The molecule has 0 aromatic carbocycles. The van der Waals surface area contributed by atoms with Crippen LogP contribution in [0.4, 0.5) is 0 Å². The SMILES string of the molecule is CC(C)N(CC1CCCN1)C(=O)c1cn[nH]n1. The molecule has 6 nitrogen and oxygen atoms in total. The lowest BCUT2D eigenvalue weighted by Gasteiger charge is -2.28. The van der Waals surface area contributed by atoms with Crippen LogP contribution in [0.25, 0.3) is 0 Å². The molecule has 0 bridgehead atoms. The summed E-state index contributed by atoms with van der Waals surface area (Å²) < 4.78 is 0. The van der Waals surface area contributed by atoms with Gasteiger partial charge in [-0.2, -0.15) is 15.4 Å². The predicted octanol–water partition coefficient (Wildman–Crippen LogP) is 0.407. The Bertz CT molecular complexity index is 356. The summed E-state index contributed by atoms with van der Waals surface area (Å²) in [5.41, 5.74) is 0.386. The first-order valence-corrected chi connectivity index (χ1v) is 6.08. The van der Waals surface area contributed by atoms with Gasteiger partial charge in [-0.15, -0.1) is 0 Å². The van der Waals surface area contributed by atoms with E-state index in [1.54, 1.807) is 0 Å². The molecule has 1 aromatic rings. The molecule has 0 spiro atoms. The number of H-pyrrole nitrogens is 1. The van der Waals surface area contributed by atoms with Crippen molar-refractivity contribution in [2.75, 3.05) is 13.1 Å². The van der Waals surface area contributed by atoms with E-state index in [0.29, 0.717) is 11.7 Å². The van der Waals surface area contributed by atoms with Crippen LogP contribution in [-0.2, 0) is 0 Å². The Morgan fingerprint density at radius 2 is 2.47 bits per heavy atom. The maximum Gasteiger partial charge on any atom is 0.276 e. The molecule has 2 N–H and O–H groups in total. The van der Waals surface area contributed by atoms with E-state index in [1.807, 2.05) is 18.7 Å². The predicted molar refractivity (Wildman–Crippen MR) is 63.6 cm³/mol. The summed E-state index contributed by atoms with van der Waals surface area (Å²) in [6.07, 6.45) is 3.80. The summed E-state index contributed by atoms with van der Waals surface area (Å²) in [6.45, 7) is 5.83. The van der Waals surface area contributed by atoms with Crippen LogP contribution in [0.5, 0.6) is 0 Å². The van der Waals surface area contributed by atoms with Gasteiger partial charge in [-0.3, -0.25) is 4.79 Å². The summed E-state index contributed by atoms with van der Waals surface area (Å²) in [5.74, 6) is -0.0533. The fraction of sp³-hybridized carbons (Fsp3) is 0.727. The van der Waals surface area contributed by atoms with Crippen molar-refractivity contribution in [2.45, 2.75) is 38.8 Å². The van der Waals surface area contributed by atoms with Crippen molar-refractivity contribution in [3.8, 4) is 0 Å². The van der Waals surface area contributed by atoms with Crippen molar-refractivity contribution >= 4 is 5.91 Å². The highest BCUT2D eigenvalue weighted by molar-refractivity contribution is 5.92. The zero-order chi connectivity index (χ0) is 12.3. The quantitative estimate of drug-likeness (QED) is 0.795. The third-order valence-corrected chi connectivity index (χ3v) is 3.10. The average Bonchev–Trinajstić information content (AvgIpc) is 2.97. The Morgan fingerprint density at radius 1 is 1.65 bits per heavy atom. The number of nitrogens with zero attached hydrogens (tertiary/aromatic N) is 3. The van der Waals surface area contributed by atoms with Gasteiger partial charge in [0.2, 0.25) is 0 Å².